The third-order valence-corrected chi connectivity index (χ3v) is 6.77. The highest BCUT2D eigenvalue weighted by atomic mass is 32.1. The number of carbonyl (C=O) groups excluding carboxylic acids is 2. The van der Waals surface area contributed by atoms with Crippen LogP contribution in [0.15, 0.2) is 35.7 Å². The minimum Gasteiger partial charge on any atom is -0.488 e. The van der Waals surface area contributed by atoms with Crippen LogP contribution in [0.5, 0.6) is 5.75 Å². The lowest BCUT2D eigenvalue weighted by molar-refractivity contribution is -0.143. The van der Waals surface area contributed by atoms with E-state index in [4.69, 9.17) is 9.47 Å². The Bertz CT molecular complexity index is 930. The van der Waals surface area contributed by atoms with E-state index in [1.54, 1.807) is 46.4 Å². The highest BCUT2D eigenvalue weighted by Crippen LogP contribution is 2.35. The average Bonchev–Trinajstić information content (AvgIpc) is 3.52. The molecule has 1 fully saturated rings. The second kappa shape index (κ2) is 9.78. The minimum absolute atomic E-state index is 0.0222. The van der Waals surface area contributed by atoms with Crippen molar-refractivity contribution in [1.82, 2.24) is 9.80 Å². The first kappa shape index (κ1) is 21.8. The van der Waals surface area contributed by atoms with E-state index < -0.39 is 5.82 Å². The van der Waals surface area contributed by atoms with Crippen LogP contribution in [0.25, 0.3) is 0 Å². The maximum Gasteiger partial charge on any atom is 0.242 e. The lowest BCUT2D eigenvalue weighted by atomic mass is 10.0. The molecule has 0 bridgehead atoms. The number of thiophene rings is 1. The third kappa shape index (κ3) is 5.07. The highest BCUT2D eigenvalue weighted by molar-refractivity contribution is 7.10. The van der Waals surface area contributed by atoms with Crippen LogP contribution in [-0.4, -0.2) is 61.6 Å². The van der Waals surface area contributed by atoms with Crippen LogP contribution < -0.4 is 4.74 Å². The van der Waals surface area contributed by atoms with E-state index in [-0.39, 0.29) is 42.7 Å². The van der Waals surface area contributed by atoms with Gasteiger partial charge in [-0.05, 0) is 48.4 Å². The number of benzene rings is 1. The van der Waals surface area contributed by atoms with Crippen molar-refractivity contribution >= 4 is 23.2 Å². The summed E-state index contributed by atoms with van der Waals surface area (Å²) in [6.45, 7) is 1.51. The average molecular weight is 447 g/mol. The summed E-state index contributed by atoms with van der Waals surface area (Å²) < 4.78 is 25.0. The van der Waals surface area contributed by atoms with Crippen molar-refractivity contribution in [1.29, 1.82) is 0 Å². The monoisotopic (exact) mass is 446 g/mol. The summed E-state index contributed by atoms with van der Waals surface area (Å²) in [5.41, 5.74) is 1.04. The maximum atomic E-state index is 14.0. The standard InChI is InChI=1S/C23H27FN2O4S/c1-29-12-11-25(23(28)16-6-7-16)14-22(27)26-10-8-21-17(9-13-31-21)19(26)15-30-20-5-3-2-4-18(20)24/h2-5,9,13,16,19H,6-8,10-12,14-15H2,1H3. The lowest BCUT2D eigenvalue weighted by Gasteiger charge is -2.37. The molecule has 1 atom stereocenters. The Balaban J connectivity index is 1.49. The Morgan fingerprint density at radius 1 is 1.26 bits per heavy atom. The van der Waals surface area contributed by atoms with Crippen molar-refractivity contribution in [3.05, 3.63) is 52.0 Å². The molecule has 8 heteroatoms. The molecule has 1 unspecified atom stereocenters. The van der Waals surface area contributed by atoms with E-state index in [0.29, 0.717) is 19.7 Å². The van der Waals surface area contributed by atoms with Crippen LogP contribution in [0.1, 0.15) is 29.3 Å². The number of hydrogen-bond donors (Lipinski definition) is 0. The van der Waals surface area contributed by atoms with Crippen molar-refractivity contribution < 1.29 is 23.5 Å². The normalized spacial score (nSPS) is 17.9. The van der Waals surface area contributed by atoms with Gasteiger partial charge >= 0.3 is 0 Å². The maximum absolute atomic E-state index is 14.0. The Labute approximate surface area is 185 Å². The number of halogens is 1. The van der Waals surface area contributed by atoms with E-state index in [0.717, 1.165) is 24.8 Å². The molecule has 4 rings (SSSR count). The van der Waals surface area contributed by atoms with E-state index in [2.05, 4.69) is 0 Å². The summed E-state index contributed by atoms with van der Waals surface area (Å²) in [5.74, 6) is -0.318. The number of nitrogens with zero attached hydrogens (tertiary/aromatic N) is 2. The van der Waals surface area contributed by atoms with Crippen LogP contribution in [0.4, 0.5) is 4.39 Å². The fourth-order valence-corrected chi connectivity index (χ4v) is 4.84. The van der Waals surface area contributed by atoms with Gasteiger partial charge in [0.1, 0.15) is 6.61 Å². The van der Waals surface area contributed by atoms with E-state index in [9.17, 15) is 14.0 Å². The summed E-state index contributed by atoms with van der Waals surface area (Å²) in [4.78, 5) is 30.6. The van der Waals surface area contributed by atoms with Gasteiger partial charge in [-0.3, -0.25) is 9.59 Å². The number of ether oxygens (including phenoxy) is 2. The first-order chi connectivity index (χ1) is 15.1. The molecule has 0 radical (unpaired) electrons. The molecule has 0 N–H and O–H groups in total. The summed E-state index contributed by atoms with van der Waals surface area (Å²) in [5, 5.41) is 2.01. The van der Waals surface area contributed by atoms with Gasteiger partial charge in [0.25, 0.3) is 0 Å². The highest BCUT2D eigenvalue weighted by Gasteiger charge is 2.37. The van der Waals surface area contributed by atoms with E-state index in [1.807, 2.05) is 11.4 Å². The van der Waals surface area contributed by atoms with Crippen molar-refractivity contribution in [3.63, 3.8) is 0 Å². The second-order valence-electron chi connectivity index (χ2n) is 7.92. The second-order valence-corrected chi connectivity index (χ2v) is 8.92. The Kier molecular flexibility index (Phi) is 6.87. The third-order valence-electron chi connectivity index (χ3n) is 5.78. The Morgan fingerprint density at radius 3 is 2.81 bits per heavy atom. The summed E-state index contributed by atoms with van der Waals surface area (Å²) >= 11 is 1.66. The first-order valence-corrected chi connectivity index (χ1v) is 11.5. The number of carbonyl (C=O) groups is 2. The Morgan fingerprint density at radius 2 is 2.06 bits per heavy atom. The molecule has 2 heterocycles. The minimum atomic E-state index is -0.428. The molecule has 1 aliphatic carbocycles. The molecule has 31 heavy (non-hydrogen) atoms. The van der Waals surface area contributed by atoms with Crippen molar-refractivity contribution in [2.24, 2.45) is 5.92 Å². The van der Waals surface area contributed by atoms with Gasteiger partial charge in [0.05, 0.1) is 19.2 Å². The van der Waals surface area contributed by atoms with Gasteiger partial charge in [-0.25, -0.2) is 4.39 Å². The molecule has 1 aliphatic heterocycles. The molecule has 6 nitrogen and oxygen atoms in total. The molecule has 2 aromatic rings. The number of methoxy groups -OCH3 is 1. The van der Waals surface area contributed by atoms with Crippen LogP contribution >= 0.6 is 11.3 Å². The number of amides is 2. The van der Waals surface area contributed by atoms with Crippen molar-refractivity contribution in [3.8, 4) is 5.75 Å². The molecular weight excluding hydrogens is 419 g/mol. The van der Waals surface area contributed by atoms with E-state index in [1.165, 1.54) is 10.9 Å². The number of rotatable bonds is 9. The van der Waals surface area contributed by atoms with Gasteiger partial charge in [-0.15, -0.1) is 11.3 Å². The molecule has 0 spiro atoms. The van der Waals surface area contributed by atoms with Gasteiger partial charge in [-0.2, -0.15) is 0 Å². The molecule has 1 saturated carbocycles. The zero-order valence-corrected chi connectivity index (χ0v) is 18.4. The quantitative estimate of drug-likeness (QED) is 0.593. The predicted molar refractivity (Wildman–Crippen MR) is 116 cm³/mol. The fraction of sp³-hybridized carbons (Fsp3) is 0.478. The van der Waals surface area contributed by atoms with Gasteiger partial charge in [0, 0.05) is 31.0 Å². The van der Waals surface area contributed by atoms with Gasteiger partial charge in [0.2, 0.25) is 11.8 Å². The van der Waals surface area contributed by atoms with Crippen molar-refractivity contribution in [2.45, 2.75) is 25.3 Å². The molecule has 2 aliphatic rings. The van der Waals surface area contributed by atoms with Crippen LogP contribution in [-0.2, 0) is 20.7 Å². The summed E-state index contributed by atoms with van der Waals surface area (Å²) in [6.07, 6.45) is 2.54. The zero-order valence-electron chi connectivity index (χ0n) is 17.6. The molecule has 1 aromatic carbocycles. The Hall–Kier alpha value is -2.45. The van der Waals surface area contributed by atoms with E-state index >= 15 is 0 Å². The van der Waals surface area contributed by atoms with Gasteiger partial charge in [0.15, 0.2) is 11.6 Å². The predicted octanol–water partition coefficient (Wildman–Crippen LogP) is 3.28. The number of hydrogen-bond acceptors (Lipinski definition) is 5. The first-order valence-electron chi connectivity index (χ1n) is 10.6. The number of para-hydroxylation sites is 1. The number of fused-ring (bicyclic) bond motifs is 1. The smallest absolute Gasteiger partial charge is 0.242 e. The summed E-state index contributed by atoms with van der Waals surface area (Å²) in [6, 6.07) is 7.96. The van der Waals surface area contributed by atoms with Crippen molar-refractivity contribution in [2.75, 3.05) is 40.0 Å². The molecule has 0 saturated heterocycles. The zero-order chi connectivity index (χ0) is 21.8. The lowest BCUT2D eigenvalue weighted by Crippen LogP contribution is -2.48. The fourth-order valence-electron chi connectivity index (χ4n) is 3.92. The molecule has 1 aromatic heterocycles. The molecule has 2 amide bonds. The SMILES string of the molecule is COCCN(CC(=O)N1CCc2sccc2C1COc1ccccc1F)C(=O)C1CC1. The van der Waals surface area contributed by atoms with Crippen LogP contribution in [0, 0.1) is 11.7 Å². The molecule has 166 valence electrons. The van der Waals surface area contributed by atoms with Crippen LogP contribution in [0.3, 0.4) is 0 Å². The van der Waals surface area contributed by atoms with Crippen LogP contribution in [0.2, 0.25) is 0 Å². The summed E-state index contributed by atoms with van der Waals surface area (Å²) in [7, 11) is 1.58. The van der Waals surface area contributed by atoms with Gasteiger partial charge < -0.3 is 19.3 Å². The van der Waals surface area contributed by atoms with Gasteiger partial charge in [-0.1, -0.05) is 12.1 Å². The topological polar surface area (TPSA) is 59.1 Å². The largest absolute Gasteiger partial charge is 0.488 e. The molecular formula is C23H27FN2O4S.